The number of hydrogen-bond donors (Lipinski definition) is 2. The summed E-state index contributed by atoms with van der Waals surface area (Å²) in [5.74, 6) is -0.672. The van der Waals surface area contributed by atoms with Crippen LogP contribution in [0.4, 0.5) is 10.1 Å². The van der Waals surface area contributed by atoms with E-state index in [9.17, 15) is 9.18 Å². The molecule has 1 aromatic rings. The summed E-state index contributed by atoms with van der Waals surface area (Å²) in [6.07, 6.45) is 1.56. The number of carbonyl (C=O) groups excluding carboxylic acids is 1. The first-order valence-electron chi connectivity index (χ1n) is 7.07. The van der Waals surface area contributed by atoms with Crippen molar-refractivity contribution in [1.29, 1.82) is 0 Å². The topological polar surface area (TPSA) is 58.4 Å². The first-order valence-corrected chi connectivity index (χ1v) is 7.07. The van der Waals surface area contributed by atoms with Gasteiger partial charge >= 0.3 is 0 Å². The smallest absolute Gasteiger partial charge is 0.240 e. The zero-order valence-electron chi connectivity index (χ0n) is 12.0. The van der Waals surface area contributed by atoms with Crippen molar-refractivity contribution in [2.45, 2.75) is 45.3 Å². The summed E-state index contributed by atoms with van der Waals surface area (Å²) in [7, 11) is 0. The van der Waals surface area contributed by atoms with E-state index < -0.39 is 6.04 Å². The van der Waals surface area contributed by atoms with Crippen LogP contribution in [0, 0.1) is 5.82 Å². The van der Waals surface area contributed by atoms with Crippen LogP contribution in [0.25, 0.3) is 0 Å². The second-order valence-electron chi connectivity index (χ2n) is 5.54. The molecule has 0 radical (unpaired) electrons. The number of carbonyl (C=O) groups is 1. The summed E-state index contributed by atoms with van der Waals surface area (Å²) in [6, 6.07) is 4.95. The van der Waals surface area contributed by atoms with E-state index in [0.29, 0.717) is 31.2 Å². The van der Waals surface area contributed by atoms with Crippen LogP contribution in [-0.4, -0.2) is 24.5 Å². The second-order valence-corrected chi connectivity index (χ2v) is 5.54. The number of rotatable bonds is 5. The lowest BCUT2D eigenvalue weighted by molar-refractivity contribution is -0.119. The van der Waals surface area contributed by atoms with Crippen LogP contribution in [0.3, 0.4) is 0 Å². The maximum atomic E-state index is 14.2. The van der Waals surface area contributed by atoms with Gasteiger partial charge in [-0.1, -0.05) is 26.0 Å². The SMILES string of the molecule is CC(C)NCc1cccc(F)c1N1CCCC1C(N)=O. The van der Waals surface area contributed by atoms with Crippen molar-refractivity contribution < 1.29 is 9.18 Å². The Morgan fingerprint density at radius 2 is 2.30 bits per heavy atom. The van der Waals surface area contributed by atoms with E-state index in [1.165, 1.54) is 6.07 Å². The van der Waals surface area contributed by atoms with E-state index in [1.54, 1.807) is 6.07 Å². The third kappa shape index (κ3) is 3.10. The fourth-order valence-electron chi connectivity index (χ4n) is 2.67. The van der Waals surface area contributed by atoms with Gasteiger partial charge in [-0.2, -0.15) is 0 Å². The Bertz CT molecular complexity index is 490. The molecule has 110 valence electrons. The summed E-state index contributed by atoms with van der Waals surface area (Å²) in [6.45, 7) is 5.33. The molecule has 1 aliphatic heterocycles. The van der Waals surface area contributed by atoms with Crippen LogP contribution in [0.2, 0.25) is 0 Å². The number of nitrogens with two attached hydrogens (primary N) is 1. The first kappa shape index (κ1) is 14.8. The molecule has 1 amide bonds. The maximum absolute atomic E-state index is 14.2. The normalized spacial score (nSPS) is 18.8. The van der Waals surface area contributed by atoms with Gasteiger partial charge in [0.15, 0.2) is 0 Å². The lowest BCUT2D eigenvalue weighted by atomic mass is 10.1. The van der Waals surface area contributed by atoms with Crippen LogP contribution in [0.1, 0.15) is 32.3 Å². The van der Waals surface area contributed by atoms with Gasteiger partial charge in [0.2, 0.25) is 5.91 Å². The number of hydrogen-bond acceptors (Lipinski definition) is 3. The molecule has 0 aliphatic carbocycles. The molecule has 1 unspecified atom stereocenters. The Kier molecular flexibility index (Phi) is 4.60. The molecule has 5 heteroatoms. The quantitative estimate of drug-likeness (QED) is 0.863. The van der Waals surface area contributed by atoms with Crippen LogP contribution in [-0.2, 0) is 11.3 Å². The third-order valence-electron chi connectivity index (χ3n) is 3.64. The molecule has 1 aliphatic rings. The van der Waals surface area contributed by atoms with Gasteiger partial charge in [0.05, 0.1) is 5.69 Å². The molecular formula is C15H22FN3O. The van der Waals surface area contributed by atoms with Crippen molar-refractivity contribution in [3.8, 4) is 0 Å². The van der Waals surface area contributed by atoms with Crippen molar-refractivity contribution in [3.63, 3.8) is 0 Å². The summed E-state index contributed by atoms with van der Waals surface area (Å²) < 4.78 is 14.2. The highest BCUT2D eigenvalue weighted by molar-refractivity contribution is 5.84. The number of amides is 1. The molecule has 0 aromatic heterocycles. The molecule has 0 bridgehead atoms. The predicted octanol–water partition coefficient (Wildman–Crippen LogP) is 1.78. The van der Waals surface area contributed by atoms with E-state index in [2.05, 4.69) is 5.32 Å². The number of benzene rings is 1. The minimum Gasteiger partial charge on any atom is -0.368 e. The van der Waals surface area contributed by atoms with Gasteiger partial charge in [0, 0.05) is 19.1 Å². The lowest BCUT2D eigenvalue weighted by Gasteiger charge is -2.27. The van der Waals surface area contributed by atoms with E-state index >= 15 is 0 Å². The van der Waals surface area contributed by atoms with Gasteiger partial charge in [0.1, 0.15) is 11.9 Å². The molecule has 0 spiro atoms. The van der Waals surface area contributed by atoms with E-state index in [-0.39, 0.29) is 11.7 Å². The number of nitrogens with zero attached hydrogens (tertiary/aromatic N) is 1. The summed E-state index contributed by atoms with van der Waals surface area (Å²) >= 11 is 0. The molecule has 1 fully saturated rings. The Morgan fingerprint density at radius 1 is 1.55 bits per heavy atom. The minimum absolute atomic E-state index is 0.291. The van der Waals surface area contributed by atoms with Gasteiger partial charge in [-0.25, -0.2) is 4.39 Å². The van der Waals surface area contributed by atoms with Crippen molar-refractivity contribution in [1.82, 2.24) is 5.32 Å². The minimum atomic E-state index is -0.398. The molecular weight excluding hydrogens is 257 g/mol. The highest BCUT2D eigenvalue weighted by Gasteiger charge is 2.32. The van der Waals surface area contributed by atoms with Crippen molar-refractivity contribution in [3.05, 3.63) is 29.6 Å². The van der Waals surface area contributed by atoms with Gasteiger partial charge in [-0.05, 0) is 24.5 Å². The summed E-state index contributed by atoms with van der Waals surface area (Å²) in [5, 5.41) is 3.29. The fourth-order valence-corrected chi connectivity index (χ4v) is 2.67. The Balaban J connectivity index is 2.31. The van der Waals surface area contributed by atoms with E-state index in [1.807, 2.05) is 24.8 Å². The van der Waals surface area contributed by atoms with Crippen molar-refractivity contribution in [2.75, 3.05) is 11.4 Å². The molecule has 0 saturated carbocycles. The van der Waals surface area contributed by atoms with Crippen LogP contribution in [0.15, 0.2) is 18.2 Å². The maximum Gasteiger partial charge on any atom is 0.240 e. The standard InChI is InChI=1S/C15H22FN3O/c1-10(2)18-9-11-5-3-6-12(16)14(11)19-8-4-7-13(19)15(17)20/h3,5-6,10,13,18H,4,7-9H2,1-2H3,(H2,17,20). The zero-order valence-corrected chi connectivity index (χ0v) is 12.0. The molecule has 2 rings (SSSR count). The zero-order chi connectivity index (χ0) is 14.7. The Labute approximate surface area is 119 Å². The first-order chi connectivity index (χ1) is 9.50. The molecule has 1 aromatic carbocycles. The van der Waals surface area contributed by atoms with E-state index in [0.717, 1.165) is 12.0 Å². The monoisotopic (exact) mass is 279 g/mol. The number of primary amides is 1. The van der Waals surface area contributed by atoms with Crippen LogP contribution >= 0.6 is 0 Å². The third-order valence-corrected chi connectivity index (χ3v) is 3.64. The average molecular weight is 279 g/mol. The van der Waals surface area contributed by atoms with Crippen LogP contribution in [0.5, 0.6) is 0 Å². The number of halogens is 1. The second kappa shape index (κ2) is 6.22. The highest BCUT2D eigenvalue weighted by Crippen LogP contribution is 2.31. The Morgan fingerprint density at radius 3 is 2.95 bits per heavy atom. The average Bonchev–Trinajstić information content (AvgIpc) is 2.85. The summed E-state index contributed by atoms with van der Waals surface area (Å²) in [4.78, 5) is 13.3. The number of nitrogens with one attached hydrogen (secondary N) is 1. The number of para-hydroxylation sites is 1. The number of anilines is 1. The van der Waals surface area contributed by atoms with Gasteiger partial charge in [-0.3, -0.25) is 4.79 Å². The molecule has 1 atom stereocenters. The molecule has 4 nitrogen and oxygen atoms in total. The lowest BCUT2D eigenvalue weighted by Crippen LogP contribution is -2.41. The molecule has 20 heavy (non-hydrogen) atoms. The molecule has 1 heterocycles. The van der Waals surface area contributed by atoms with Crippen molar-refractivity contribution >= 4 is 11.6 Å². The van der Waals surface area contributed by atoms with Gasteiger partial charge in [-0.15, -0.1) is 0 Å². The van der Waals surface area contributed by atoms with Crippen molar-refractivity contribution in [2.24, 2.45) is 5.73 Å². The largest absolute Gasteiger partial charge is 0.368 e. The summed E-state index contributed by atoms with van der Waals surface area (Å²) in [5.41, 5.74) is 6.81. The van der Waals surface area contributed by atoms with Crippen LogP contribution < -0.4 is 16.0 Å². The fraction of sp³-hybridized carbons (Fsp3) is 0.533. The predicted molar refractivity (Wildman–Crippen MR) is 77.9 cm³/mol. The Hall–Kier alpha value is -1.62. The molecule has 3 N–H and O–H groups in total. The highest BCUT2D eigenvalue weighted by atomic mass is 19.1. The van der Waals surface area contributed by atoms with Gasteiger partial charge in [0.25, 0.3) is 0 Å². The van der Waals surface area contributed by atoms with E-state index in [4.69, 9.17) is 5.73 Å². The molecule has 1 saturated heterocycles. The van der Waals surface area contributed by atoms with Gasteiger partial charge < -0.3 is 16.0 Å².